The predicted octanol–water partition coefficient (Wildman–Crippen LogP) is 2.63. The molecule has 0 saturated carbocycles. The van der Waals surface area contributed by atoms with Crippen LogP contribution in [0.5, 0.6) is 0 Å². The van der Waals surface area contributed by atoms with Crippen molar-refractivity contribution in [2.24, 2.45) is 0 Å². The van der Waals surface area contributed by atoms with Crippen molar-refractivity contribution >= 4 is 23.5 Å². The van der Waals surface area contributed by atoms with Gasteiger partial charge in [0.25, 0.3) is 0 Å². The van der Waals surface area contributed by atoms with E-state index in [0.29, 0.717) is 22.8 Å². The zero-order valence-corrected chi connectivity index (χ0v) is 15.9. The number of para-hydroxylation sites is 1. The molecule has 0 radical (unpaired) electrons. The molecule has 0 saturated heterocycles. The van der Waals surface area contributed by atoms with Crippen LogP contribution in [0.4, 0.5) is 0 Å². The van der Waals surface area contributed by atoms with Crippen LogP contribution in [-0.2, 0) is 15.3 Å². The highest BCUT2D eigenvalue weighted by Crippen LogP contribution is 2.33. The van der Waals surface area contributed by atoms with Gasteiger partial charge in [0.1, 0.15) is 5.82 Å². The summed E-state index contributed by atoms with van der Waals surface area (Å²) in [5.74, 6) is -0.370. The van der Waals surface area contributed by atoms with Gasteiger partial charge in [-0.2, -0.15) is 9.78 Å². The SMILES string of the molecule is CCOC(=O)[C@H](C(=O)c1ccccc1)n1nc2n(c1=O)-c1ccccc1SC2. The molecule has 2 aromatic carbocycles. The second-order valence-corrected chi connectivity index (χ2v) is 7.14. The Hall–Kier alpha value is -3.13. The van der Waals surface area contributed by atoms with Crippen LogP contribution in [0.3, 0.4) is 0 Å². The van der Waals surface area contributed by atoms with Gasteiger partial charge < -0.3 is 4.74 Å². The molecule has 0 aliphatic carbocycles. The van der Waals surface area contributed by atoms with Crippen molar-refractivity contribution < 1.29 is 14.3 Å². The number of rotatable bonds is 5. The highest BCUT2D eigenvalue weighted by Gasteiger charge is 2.36. The fourth-order valence-corrected chi connectivity index (χ4v) is 4.09. The van der Waals surface area contributed by atoms with Crippen molar-refractivity contribution in [2.45, 2.75) is 23.6 Å². The van der Waals surface area contributed by atoms with E-state index in [9.17, 15) is 14.4 Å². The quantitative estimate of drug-likeness (QED) is 0.375. The van der Waals surface area contributed by atoms with E-state index in [4.69, 9.17) is 4.74 Å². The van der Waals surface area contributed by atoms with Gasteiger partial charge in [-0.25, -0.2) is 14.2 Å². The second-order valence-electron chi connectivity index (χ2n) is 6.12. The fraction of sp³-hybridized carbons (Fsp3) is 0.200. The van der Waals surface area contributed by atoms with Gasteiger partial charge in [-0.1, -0.05) is 42.5 Å². The number of carbonyl (C=O) groups excluding carboxylic acids is 2. The monoisotopic (exact) mass is 395 g/mol. The number of nitrogens with zero attached hydrogens (tertiary/aromatic N) is 3. The molecule has 1 aliphatic heterocycles. The highest BCUT2D eigenvalue weighted by atomic mass is 32.2. The molecule has 0 amide bonds. The summed E-state index contributed by atoms with van der Waals surface area (Å²) in [6.07, 6.45) is 0. The van der Waals surface area contributed by atoms with Crippen LogP contribution < -0.4 is 5.69 Å². The molecule has 4 rings (SSSR count). The van der Waals surface area contributed by atoms with Crippen LogP contribution in [0.15, 0.2) is 64.3 Å². The van der Waals surface area contributed by atoms with Gasteiger partial charge in [0.15, 0.2) is 5.78 Å². The van der Waals surface area contributed by atoms with Gasteiger partial charge in [-0.15, -0.1) is 11.8 Å². The van der Waals surface area contributed by atoms with E-state index in [1.165, 1.54) is 4.57 Å². The number of ether oxygens (including phenoxy) is 1. The van der Waals surface area contributed by atoms with E-state index in [0.717, 1.165) is 9.58 Å². The molecule has 1 aromatic heterocycles. The van der Waals surface area contributed by atoms with Crippen LogP contribution in [0, 0.1) is 0 Å². The molecule has 28 heavy (non-hydrogen) atoms. The molecule has 1 atom stereocenters. The molecular weight excluding hydrogens is 378 g/mol. The maximum Gasteiger partial charge on any atom is 0.351 e. The Labute approximate surface area is 164 Å². The lowest BCUT2D eigenvalue weighted by atomic mass is 10.0. The summed E-state index contributed by atoms with van der Waals surface area (Å²) in [4.78, 5) is 39.8. The van der Waals surface area contributed by atoms with E-state index < -0.39 is 23.5 Å². The Morgan fingerprint density at radius 2 is 1.86 bits per heavy atom. The molecule has 142 valence electrons. The third-order valence-electron chi connectivity index (χ3n) is 4.39. The summed E-state index contributed by atoms with van der Waals surface area (Å²) in [5.41, 5.74) is 0.470. The Morgan fingerprint density at radius 3 is 2.61 bits per heavy atom. The van der Waals surface area contributed by atoms with Gasteiger partial charge in [-0.3, -0.25) is 4.79 Å². The number of esters is 1. The average molecular weight is 395 g/mol. The van der Waals surface area contributed by atoms with Crippen LogP contribution in [0.2, 0.25) is 0 Å². The number of hydrogen-bond acceptors (Lipinski definition) is 6. The molecule has 2 heterocycles. The van der Waals surface area contributed by atoms with Crippen molar-refractivity contribution in [2.75, 3.05) is 6.61 Å². The lowest BCUT2D eigenvalue weighted by Gasteiger charge is -2.15. The molecular formula is C20H17N3O4S. The first-order valence-electron chi connectivity index (χ1n) is 8.80. The molecule has 7 nitrogen and oxygen atoms in total. The van der Waals surface area contributed by atoms with E-state index in [1.54, 1.807) is 49.0 Å². The van der Waals surface area contributed by atoms with E-state index in [-0.39, 0.29) is 6.61 Å². The van der Waals surface area contributed by atoms with Crippen LogP contribution >= 0.6 is 11.8 Å². The lowest BCUT2D eigenvalue weighted by Crippen LogP contribution is -2.37. The Morgan fingerprint density at radius 1 is 1.14 bits per heavy atom. The van der Waals surface area contributed by atoms with E-state index >= 15 is 0 Å². The summed E-state index contributed by atoms with van der Waals surface area (Å²) < 4.78 is 7.49. The maximum absolute atomic E-state index is 13.2. The first-order chi connectivity index (χ1) is 13.6. The van der Waals surface area contributed by atoms with Crippen molar-refractivity contribution in [1.82, 2.24) is 14.3 Å². The normalized spacial score (nSPS) is 13.3. The first kappa shape index (κ1) is 18.2. The Bertz CT molecular complexity index is 1100. The summed E-state index contributed by atoms with van der Waals surface area (Å²) in [6, 6.07) is 14.4. The number of fused-ring (bicyclic) bond motifs is 3. The van der Waals surface area contributed by atoms with Crippen LogP contribution in [0.25, 0.3) is 5.69 Å². The molecule has 8 heteroatoms. The highest BCUT2D eigenvalue weighted by molar-refractivity contribution is 7.98. The average Bonchev–Trinajstić information content (AvgIpc) is 3.06. The smallest absolute Gasteiger partial charge is 0.351 e. The standard InChI is InChI=1S/C20H17N3O4S/c1-2-27-19(25)17(18(24)13-8-4-3-5-9-13)23-20(26)22-14-10-6-7-11-15(14)28-12-16(22)21-23/h3-11,17H,2,12H2,1H3/t17-/m0/s1. The zero-order chi connectivity index (χ0) is 19.7. The van der Waals surface area contributed by atoms with Gasteiger partial charge in [-0.05, 0) is 19.1 Å². The van der Waals surface area contributed by atoms with Crippen molar-refractivity contribution in [1.29, 1.82) is 0 Å². The molecule has 0 spiro atoms. The van der Waals surface area contributed by atoms with Crippen LogP contribution in [-0.4, -0.2) is 32.7 Å². The molecule has 0 fully saturated rings. The number of thioether (sulfide) groups is 1. The third-order valence-corrected chi connectivity index (χ3v) is 5.45. The minimum absolute atomic E-state index is 0.0956. The number of ketones is 1. The van der Waals surface area contributed by atoms with Gasteiger partial charge in [0, 0.05) is 10.5 Å². The van der Waals surface area contributed by atoms with Gasteiger partial charge >= 0.3 is 11.7 Å². The number of carbonyl (C=O) groups is 2. The number of hydrogen-bond donors (Lipinski definition) is 0. The summed E-state index contributed by atoms with van der Waals surface area (Å²) >= 11 is 1.55. The van der Waals surface area contributed by atoms with Crippen molar-refractivity contribution in [3.8, 4) is 5.69 Å². The fourth-order valence-electron chi connectivity index (χ4n) is 3.13. The number of Topliss-reactive ketones (excluding diaryl/α,β-unsaturated/α-hetero) is 1. The molecule has 1 aliphatic rings. The Kier molecular flexibility index (Phi) is 4.87. The third kappa shape index (κ3) is 3.05. The lowest BCUT2D eigenvalue weighted by molar-refractivity contribution is -0.145. The summed E-state index contributed by atoms with van der Waals surface area (Å²) in [6.45, 7) is 1.74. The Balaban J connectivity index is 1.85. The largest absolute Gasteiger partial charge is 0.464 e. The maximum atomic E-state index is 13.2. The van der Waals surface area contributed by atoms with E-state index in [2.05, 4.69) is 5.10 Å². The van der Waals surface area contributed by atoms with Crippen molar-refractivity contribution in [3.05, 3.63) is 76.5 Å². The second kappa shape index (κ2) is 7.47. The van der Waals surface area contributed by atoms with Crippen molar-refractivity contribution in [3.63, 3.8) is 0 Å². The first-order valence-corrected chi connectivity index (χ1v) is 9.79. The number of benzene rings is 2. The molecule has 3 aromatic rings. The zero-order valence-electron chi connectivity index (χ0n) is 15.1. The molecule has 0 bridgehead atoms. The summed E-state index contributed by atoms with van der Waals surface area (Å²) in [5, 5.41) is 4.32. The van der Waals surface area contributed by atoms with Gasteiger partial charge in [0.05, 0.1) is 18.0 Å². The van der Waals surface area contributed by atoms with Crippen LogP contribution in [0.1, 0.15) is 29.1 Å². The molecule has 0 N–H and O–H groups in total. The van der Waals surface area contributed by atoms with E-state index in [1.807, 2.05) is 24.3 Å². The predicted molar refractivity (Wildman–Crippen MR) is 104 cm³/mol. The molecule has 0 unspecified atom stereocenters. The minimum atomic E-state index is -1.47. The minimum Gasteiger partial charge on any atom is -0.464 e. The topological polar surface area (TPSA) is 83.2 Å². The number of aromatic nitrogens is 3. The van der Waals surface area contributed by atoms with Gasteiger partial charge in [0.2, 0.25) is 6.04 Å². The summed E-state index contributed by atoms with van der Waals surface area (Å²) in [7, 11) is 0.